The van der Waals surface area contributed by atoms with Crippen molar-refractivity contribution in [1.29, 1.82) is 0 Å². The molecule has 5 aromatic rings. The third kappa shape index (κ3) is 37.1. The molecule has 0 aliphatic carbocycles. The zero-order valence-corrected chi connectivity index (χ0v) is 51.6. The van der Waals surface area contributed by atoms with E-state index in [1.54, 1.807) is 24.3 Å². The van der Waals surface area contributed by atoms with Crippen LogP contribution < -0.4 is 129 Å². The van der Waals surface area contributed by atoms with Gasteiger partial charge in [0.15, 0.2) is 0 Å². The van der Waals surface area contributed by atoms with Gasteiger partial charge in [-0.1, -0.05) is 114 Å². The van der Waals surface area contributed by atoms with Crippen LogP contribution >= 0.6 is 82.6 Å². The standard InChI is InChI=1S/C19H24ClNO.C10H15N.C9H10BrClO.C6H5BrO.C3H6BrCl.CH2O3.2K.H/c1-19(2,3)15-5-7-16(8-6-15)21-17-9-11-18(12-10-17)22-14-4-13-20;1-10(2,3)8-4-6-9(11)7-5-8;10-8-2-4-9(5-3-8)12-7-1-6-11;7-5-1-3-6(8)4-2-5;4-2-1-3-5;2-1-4-3;;;/h5-12,21H,4,13-14H2,1-3H3;4-7H,11H2,1-3H3;2-5H,1,6-7H2;1-4,8H;1-3H2;1,3H;;;/q;;;;;;2*+1;-1/p-1. The second-order valence-electron chi connectivity index (χ2n) is 15.0. The van der Waals surface area contributed by atoms with E-state index in [0.29, 0.717) is 30.7 Å². The SMILES string of the molecule is CC(C)(C)c1ccc(N)cc1.CC(C)(C)c1ccc(Nc2ccc(OCCCCl)cc2)cc1.ClCCCBr.ClCCCOc1ccc(Br)cc1.O=CO[O-].Oc1ccc(Br)cc1.[H-].[K+].[K+]. The third-order valence-corrected chi connectivity index (χ3v) is 10.1. The fourth-order valence-electron chi connectivity index (χ4n) is 4.35. The number of rotatable bonds is 13. The Bertz CT molecular complexity index is 1820. The largest absolute Gasteiger partial charge is 1.00 e. The van der Waals surface area contributed by atoms with Gasteiger partial charge in [0.05, 0.1) is 13.2 Å². The van der Waals surface area contributed by atoms with E-state index in [-0.39, 0.29) is 121 Å². The van der Waals surface area contributed by atoms with Crippen LogP contribution in [0.3, 0.4) is 0 Å². The number of hydrogen-bond acceptors (Lipinski definition) is 8. The van der Waals surface area contributed by atoms with Gasteiger partial charge in [-0.15, -0.1) is 34.8 Å². The normalized spacial score (nSPS) is 9.83. The summed E-state index contributed by atoms with van der Waals surface area (Å²) in [6.45, 7) is 14.4. The van der Waals surface area contributed by atoms with Gasteiger partial charge in [0.25, 0.3) is 6.47 Å². The molecule has 0 saturated carbocycles. The van der Waals surface area contributed by atoms with Crippen molar-refractivity contribution in [3.05, 3.63) is 141 Å². The van der Waals surface area contributed by atoms with Crippen LogP contribution in [0.5, 0.6) is 17.2 Å². The van der Waals surface area contributed by atoms with Crippen LogP contribution in [0, 0.1) is 0 Å². The van der Waals surface area contributed by atoms with Crippen LogP contribution in [-0.4, -0.2) is 47.8 Å². The quantitative estimate of drug-likeness (QED) is 0.0204. The van der Waals surface area contributed by atoms with Crippen molar-refractivity contribution in [3.8, 4) is 17.2 Å². The summed E-state index contributed by atoms with van der Waals surface area (Å²) in [5.74, 6) is 4.11. The number of nitrogens with one attached hydrogen (secondary N) is 1. The third-order valence-electron chi connectivity index (χ3n) is 7.71. The van der Waals surface area contributed by atoms with Gasteiger partial charge in [-0.3, -0.25) is 4.79 Å². The predicted molar refractivity (Wildman–Crippen MR) is 273 cm³/mol. The van der Waals surface area contributed by atoms with Crippen molar-refractivity contribution in [1.82, 2.24) is 0 Å². The minimum Gasteiger partial charge on any atom is -1.00 e. The summed E-state index contributed by atoms with van der Waals surface area (Å²) in [5, 5.41) is 21.6. The Hall–Kier alpha value is 0.113. The molecular weight excluding hydrogens is 1120 g/mol. The number of alkyl halides is 4. The van der Waals surface area contributed by atoms with E-state index in [0.717, 1.165) is 68.0 Å². The number of aromatic hydroxyl groups is 1. The second-order valence-corrected chi connectivity index (χ2v) is 18.7. The summed E-state index contributed by atoms with van der Waals surface area (Å²) >= 11 is 26.2. The molecule has 0 aliphatic rings. The average Bonchev–Trinajstić information content (AvgIpc) is 3.24. The van der Waals surface area contributed by atoms with Gasteiger partial charge in [0.2, 0.25) is 0 Å². The Morgan fingerprint density at radius 3 is 1.25 bits per heavy atom. The molecule has 0 bridgehead atoms. The van der Waals surface area contributed by atoms with Gasteiger partial charge < -0.3 is 37.2 Å². The van der Waals surface area contributed by atoms with E-state index in [1.165, 1.54) is 11.1 Å². The topological polar surface area (TPSA) is 126 Å². The van der Waals surface area contributed by atoms with Crippen molar-refractivity contribution in [3.63, 3.8) is 0 Å². The van der Waals surface area contributed by atoms with Gasteiger partial charge >= 0.3 is 103 Å². The van der Waals surface area contributed by atoms with Gasteiger partial charge in [0.1, 0.15) is 17.2 Å². The Kier molecular flexibility index (Phi) is 44.9. The van der Waals surface area contributed by atoms with Crippen molar-refractivity contribution < 1.29 is 134 Å². The monoisotopic (exact) mass is 1180 g/mol. The number of carbonyl (C=O) groups is 1. The molecule has 5 aromatic carbocycles. The minimum absolute atomic E-state index is 0. The number of nitrogens with two attached hydrogens (primary N) is 1. The molecule has 0 aliphatic heterocycles. The predicted octanol–water partition coefficient (Wildman–Crippen LogP) is 8.48. The fourth-order valence-corrected chi connectivity index (χ4v) is 5.83. The number of hydrogen-bond donors (Lipinski definition) is 3. The maximum Gasteiger partial charge on any atom is 1.00 e. The van der Waals surface area contributed by atoms with E-state index < -0.39 is 0 Å². The van der Waals surface area contributed by atoms with Crippen LogP contribution in [0.2, 0.25) is 0 Å². The van der Waals surface area contributed by atoms with Crippen molar-refractivity contribution in [2.75, 3.05) is 47.2 Å². The van der Waals surface area contributed by atoms with E-state index in [1.807, 2.05) is 60.7 Å². The van der Waals surface area contributed by atoms with Gasteiger partial charge in [0, 0.05) is 49.0 Å². The molecule has 0 unspecified atom stereocenters. The first-order valence-corrected chi connectivity index (χ1v) is 24.0. The zero-order valence-electron chi connectivity index (χ0n) is 39.3. The average molecular weight is 1190 g/mol. The van der Waals surface area contributed by atoms with E-state index in [2.05, 4.69) is 136 Å². The molecule has 0 heterocycles. The Morgan fingerprint density at radius 2 is 0.953 bits per heavy atom. The Balaban J connectivity index is -0.000000372. The minimum atomic E-state index is -0.181. The van der Waals surface area contributed by atoms with Crippen molar-refractivity contribution >= 4 is 106 Å². The van der Waals surface area contributed by atoms with Crippen LogP contribution in [0.1, 0.15) is 73.4 Å². The van der Waals surface area contributed by atoms with Gasteiger partial charge in [-0.25, -0.2) is 0 Å². The molecule has 0 atom stereocenters. The molecular formula is C48H62Br3Cl3K2N2O6. The molecule has 0 aromatic heterocycles. The molecule has 16 heteroatoms. The molecule has 0 amide bonds. The number of phenols is 1. The zero-order chi connectivity index (χ0) is 46.8. The number of carbonyl (C=O) groups excluding carboxylic acids is 1. The maximum atomic E-state index is 8.74. The fraction of sp³-hybridized carbons (Fsp3) is 0.354. The summed E-state index contributed by atoms with van der Waals surface area (Å²) in [6.07, 6.45) is 2.82. The molecule has 4 N–H and O–H groups in total. The summed E-state index contributed by atoms with van der Waals surface area (Å²) in [4.78, 5) is 11.2. The molecule has 0 fully saturated rings. The van der Waals surface area contributed by atoms with Gasteiger partial charge in [-0.05, 0) is 138 Å². The summed E-state index contributed by atoms with van der Waals surface area (Å²) in [6, 6.07) is 39.2. The Morgan fingerprint density at radius 1 is 0.625 bits per heavy atom. The second kappa shape index (κ2) is 42.0. The number of benzene rings is 5. The molecule has 344 valence electrons. The van der Waals surface area contributed by atoms with Gasteiger partial charge in [-0.2, -0.15) is 0 Å². The van der Waals surface area contributed by atoms with E-state index >= 15 is 0 Å². The number of halogens is 6. The summed E-state index contributed by atoms with van der Waals surface area (Å²) in [5.41, 5.74) is 11.6. The number of anilines is 3. The number of phenolic OH excluding ortho intramolecular Hbond substituents is 1. The molecule has 8 nitrogen and oxygen atoms in total. The van der Waals surface area contributed by atoms with Crippen molar-refractivity contribution in [2.24, 2.45) is 0 Å². The first kappa shape index (κ1) is 68.4. The van der Waals surface area contributed by atoms with E-state index in [9.17, 15) is 0 Å². The number of ether oxygens (including phenoxy) is 2. The molecule has 0 radical (unpaired) electrons. The van der Waals surface area contributed by atoms with Crippen LogP contribution in [0.15, 0.2) is 130 Å². The maximum absolute atomic E-state index is 8.74. The first-order valence-electron chi connectivity index (χ1n) is 19.7. The molecule has 5 rings (SSSR count). The summed E-state index contributed by atoms with van der Waals surface area (Å²) in [7, 11) is 0. The van der Waals surface area contributed by atoms with E-state index in [4.69, 9.17) is 65.2 Å². The smallest absolute Gasteiger partial charge is 1.00 e. The van der Waals surface area contributed by atoms with Crippen LogP contribution in [0.4, 0.5) is 17.1 Å². The number of nitrogen functional groups attached to an aromatic ring is 1. The first-order chi connectivity index (χ1) is 29.4. The Labute approximate surface area is 509 Å². The summed E-state index contributed by atoms with van der Waals surface area (Å²) < 4.78 is 13.0. The van der Waals surface area contributed by atoms with Crippen molar-refractivity contribution in [2.45, 2.75) is 71.6 Å². The molecule has 0 spiro atoms. The molecule has 64 heavy (non-hydrogen) atoms. The molecule has 0 saturated heterocycles. The van der Waals surface area contributed by atoms with Crippen LogP contribution in [0.25, 0.3) is 0 Å². The van der Waals surface area contributed by atoms with Crippen LogP contribution in [-0.2, 0) is 20.5 Å².